The second kappa shape index (κ2) is 6.58. The molecule has 2 nitrogen and oxygen atoms in total. The predicted octanol–water partition coefficient (Wildman–Crippen LogP) is 4.21. The second-order valence-electron chi connectivity index (χ2n) is 5.53. The van der Waals surface area contributed by atoms with Crippen molar-refractivity contribution in [1.29, 1.82) is 0 Å². The first-order valence-electron chi connectivity index (χ1n) is 6.90. The van der Waals surface area contributed by atoms with Crippen LogP contribution in [0.4, 0.5) is 5.69 Å². The molecule has 0 aromatic heterocycles. The van der Waals surface area contributed by atoms with Crippen molar-refractivity contribution in [2.45, 2.75) is 32.6 Å². The molecule has 1 fully saturated rings. The van der Waals surface area contributed by atoms with E-state index in [2.05, 4.69) is 12.2 Å². The van der Waals surface area contributed by atoms with Crippen molar-refractivity contribution in [1.82, 2.24) is 0 Å². The number of nitrogens with one attached hydrogen (secondary N) is 1. The Morgan fingerprint density at radius 2 is 2.05 bits per heavy atom. The van der Waals surface area contributed by atoms with Crippen LogP contribution >= 0.6 is 23.8 Å². The quantitative estimate of drug-likeness (QED) is 0.817. The highest BCUT2D eigenvalue weighted by Gasteiger charge is 2.18. The summed E-state index contributed by atoms with van der Waals surface area (Å²) in [4.78, 5) is 0.352. The van der Waals surface area contributed by atoms with Crippen LogP contribution in [0.2, 0.25) is 5.02 Å². The van der Waals surface area contributed by atoms with Gasteiger partial charge in [0, 0.05) is 12.2 Å². The van der Waals surface area contributed by atoms with Gasteiger partial charge in [-0.25, -0.2) is 0 Å². The minimum absolute atomic E-state index is 0.352. The van der Waals surface area contributed by atoms with Crippen LogP contribution in [-0.2, 0) is 0 Å². The molecule has 0 radical (unpaired) electrons. The van der Waals surface area contributed by atoms with Gasteiger partial charge in [-0.2, -0.15) is 0 Å². The molecular formula is C15H21ClN2S. The molecule has 0 amide bonds. The van der Waals surface area contributed by atoms with E-state index >= 15 is 0 Å². The van der Waals surface area contributed by atoms with Gasteiger partial charge in [0.15, 0.2) is 0 Å². The van der Waals surface area contributed by atoms with Crippen molar-refractivity contribution in [3.63, 3.8) is 0 Å². The third kappa shape index (κ3) is 3.83. The molecule has 104 valence electrons. The zero-order valence-electron chi connectivity index (χ0n) is 11.3. The Labute approximate surface area is 125 Å². The zero-order chi connectivity index (χ0) is 13.8. The van der Waals surface area contributed by atoms with Gasteiger partial charge in [0.1, 0.15) is 4.99 Å². The summed E-state index contributed by atoms with van der Waals surface area (Å²) in [6.45, 7) is 3.31. The van der Waals surface area contributed by atoms with Gasteiger partial charge in [0.2, 0.25) is 0 Å². The van der Waals surface area contributed by atoms with E-state index in [9.17, 15) is 0 Å². The van der Waals surface area contributed by atoms with E-state index in [0.29, 0.717) is 10.0 Å². The monoisotopic (exact) mass is 296 g/mol. The molecule has 0 heterocycles. The van der Waals surface area contributed by atoms with Crippen molar-refractivity contribution in [2.24, 2.45) is 17.6 Å². The third-order valence-corrected chi connectivity index (χ3v) is 4.50. The van der Waals surface area contributed by atoms with Gasteiger partial charge in [0.25, 0.3) is 0 Å². The van der Waals surface area contributed by atoms with E-state index in [1.807, 2.05) is 18.2 Å². The molecule has 1 aromatic carbocycles. The summed E-state index contributed by atoms with van der Waals surface area (Å²) in [6, 6.07) is 5.74. The molecule has 0 unspecified atom stereocenters. The maximum absolute atomic E-state index is 6.16. The summed E-state index contributed by atoms with van der Waals surface area (Å²) in [5.74, 6) is 1.63. The molecule has 3 N–H and O–H groups in total. The zero-order valence-corrected chi connectivity index (χ0v) is 12.9. The Morgan fingerprint density at radius 3 is 2.68 bits per heavy atom. The molecule has 1 aromatic rings. The Kier molecular flexibility index (Phi) is 5.06. The van der Waals surface area contributed by atoms with E-state index in [1.54, 1.807) is 0 Å². The number of halogens is 1. The molecule has 1 aliphatic rings. The molecule has 0 aliphatic heterocycles. The first kappa shape index (κ1) is 14.6. The van der Waals surface area contributed by atoms with E-state index in [-0.39, 0.29) is 0 Å². The van der Waals surface area contributed by atoms with E-state index in [0.717, 1.165) is 29.6 Å². The highest BCUT2D eigenvalue weighted by molar-refractivity contribution is 7.80. The van der Waals surface area contributed by atoms with Gasteiger partial charge in [-0.05, 0) is 36.8 Å². The average molecular weight is 297 g/mol. The topological polar surface area (TPSA) is 38.0 Å². The Bertz CT molecular complexity index is 453. The van der Waals surface area contributed by atoms with Crippen LogP contribution in [0.5, 0.6) is 0 Å². The van der Waals surface area contributed by atoms with E-state index < -0.39 is 0 Å². The van der Waals surface area contributed by atoms with Crippen molar-refractivity contribution < 1.29 is 0 Å². The van der Waals surface area contributed by atoms with Crippen LogP contribution in [0.1, 0.15) is 38.2 Å². The molecule has 1 saturated carbocycles. The van der Waals surface area contributed by atoms with E-state index in [4.69, 9.17) is 29.6 Å². The maximum atomic E-state index is 6.16. The summed E-state index contributed by atoms with van der Waals surface area (Å²) in [6.07, 6.45) is 5.28. The molecule has 1 aliphatic carbocycles. The largest absolute Gasteiger partial charge is 0.389 e. The molecule has 0 spiro atoms. The number of thiocarbonyl (C=S) groups is 1. The number of rotatable bonds is 4. The molecule has 2 rings (SSSR count). The van der Waals surface area contributed by atoms with Crippen LogP contribution in [0, 0.1) is 11.8 Å². The summed E-state index contributed by atoms with van der Waals surface area (Å²) >= 11 is 11.2. The number of benzene rings is 1. The van der Waals surface area contributed by atoms with Crippen molar-refractivity contribution >= 4 is 34.5 Å². The molecule has 0 atom stereocenters. The summed E-state index contributed by atoms with van der Waals surface area (Å²) in [7, 11) is 0. The molecule has 0 bridgehead atoms. The fourth-order valence-corrected chi connectivity index (χ4v) is 3.26. The smallest absolute Gasteiger partial charge is 0.107 e. The van der Waals surface area contributed by atoms with Gasteiger partial charge < -0.3 is 11.1 Å². The highest BCUT2D eigenvalue weighted by atomic mass is 35.5. The standard InChI is InChI=1S/C15H21ClN2S/c1-10-5-7-11(8-6-10)9-18-13-4-2-3-12(16)14(13)15(17)19/h2-4,10-11,18H,5-9H2,1H3,(H2,17,19). The van der Waals surface area contributed by atoms with Gasteiger partial charge >= 0.3 is 0 Å². The van der Waals surface area contributed by atoms with Crippen LogP contribution in [-0.4, -0.2) is 11.5 Å². The fourth-order valence-electron chi connectivity index (χ4n) is 2.71. The van der Waals surface area contributed by atoms with Gasteiger partial charge in [-0.3, -0.25) is 0 Å². The maximum Gasteiger partial charge on any atom is 0.107 e. The third-order valence-electron chi connectivity index (χ3n) is 3.98. The minimum atomic E-state index is 0.352. The average Bonchev–Trinajstić information content (AvgIpc) is 2.37. The van der Waals surface area contributed by atoms with Crippen molar-refractivity contribution in [2.75, 3.05) is 11.9 Å². The first-order chi connectivity index (χ1) is 9.08. The van der Waals surface area contributed by atoms with Gasteiger partial charge in [0.05, 0.1) is 10.6 Å². The van der Waals surface area contributed by atoms with Crippen molar-refractivity contribution in [3.05, 3.63) is 28.8 Å². The number of hydrogen-bond donors (Lipinski definition) is 2. The summed E-state index contributed by atoms with van der Waals surface area (Å²) in [5.41, 5.74) is 7.47. The summed E-state index contributed by atoms with van der Waals surface area (Å²) in [5, 5.41) is 4.09. The normalized spacial score (nSPS) is 23.1. The summed E-state index contributed by atoms with van der Waals surface area (Å²) < 4.78 is 0. The number of nitrogens with two attached hydrogens (primary N) is 1. The lowest BCUT2D eigenvalue weighted by molar-refractivity contribution is 0.300. The van der Waals surface area contributed by atoms with E-state index in [1.165, 1.54) is 25.7 Å². The minimum Gasteiger partial charge on any atom is -0.389 e. The molecule has 0 saturated heterocycles. The highest BCUT2D eigenvalue weighted by Crippen LogP contribution is 2.29. The number of hydrogen-bond acceptors (Lipinski definition) is 2. The Morgan fingerprint density at radius 1 is 1.37 bits per heavy atom. The van der Waals surface area contributed by atoms with Gasteiger partial charge in [-0.1, -0.05) is 49.7 Å². The fraction of sp³-hybridized carbons (Fsp3) is 0.533. The SMILES string of the molecule is CC1CCC(CNc2cccc(Cl)c2C(N)=S)CC1. The molecule has 19 heavy (non-hydrogen) atoms. The lowest BCUT2D eigenvalue weighted by Crippen LogP contribution is -2.22. The molecular weight excluding hydrogens is 276 g/mol. The Hall–Kier alpha value is -0.800. The number of anilines is 1. The van der Waals surface area contributed by atoms with Gasteiger partial charge in [-0.15, -0.1) is 0 Å². The predicted molar refractivity (Wildman–Crippen MR) is 87.0 cm³/mol. The van der Waals surface area contributed by atoms with Crippen LogP contribution < -0.4 is 11.1 Å². The lowest BCUT2D eigenvalue weighted by Gasteiger charge is -2.27. The van der Waals surface area contributed by atoms with Crippen LogP contribution in [0.15, 0.2) is 18.2 Å². The molecule has 4 heteroatoms. The van der Waals surface area contributed by atoms with Crippen molar-refractivity contribution in [3.8, 4) is 0 Å². The Balaban J connectivity index is 2.00. The van der Waals surface area contributed by atoms with Crippen LogP contribution in [0.3, 0.4) is 0 Å². The second-order valence-corrected chi connectivity index (χ2v) is 6.38. The lowest BCUT2D eigenvalue weighted by atomic mass is 9.83. The first-order valence-corrected chi connectivity index (χ1v) is 7.68. The van der Waals surface area contributed by atoms with Crippen LogP contribution in [0.25, 0.3) is 0 Å².